The Morgan fingerprint density at radius 1 is 1.19 bits per heavy atom. The summed E-state index contributed by atoms with van der Waals surface area (Å²) in [6.07, 6.45) is 8.64. The molecule has 1 aliphatic heterocycles. The van der Waals surface area contributed by atoms with Crippen molar-refractivity contribution >= 4 is 5.69 Å². The van der Waals surface area contributed by atoms with Crippen molar-refractivity contribution in [1.29, 1.82) is 0 Å². The topological polar surface area (TPSA) is 3.24 Å². The van der Waals surface area contributed by atoms with Gasteiger partial charge in [0.25, 0.3) is 0 Å². The van der Waals surface area contributed by atoms with Crippen LogP contribution in [0.3, 0.4) is 0 Å². The van der Waals surface area contributed by atoms with Crippen LogP contribution in [0.25, 0.3) is 0 Å². The van der Waals surface area contributed by atoms with Gasteiger partial charge >= 0.3 is 0 Å². The largest absolute Gasteiger partial charge is 0.335 e. The van der Waals surface area contributed by atoms with Crippen LogP contribution in [0.15, 0.2) is 48.6 Å². The molecular formula is C14H14FN. The van der Waals surface area contributed by atoms with Crippen LogP contribution in [0.4, 0.5) is 10.1 Å². The first kappa shape index (κ1) is 9.64. The highest BCUT2D eigenvalue weighted by molar-refractivity contribution is 5.60. The van der Waals surface area contributed by atoms with E-state index >= 15 is 0 Å². The molecule has 1 heterocycles. The van der Waals surface area contributed by atoms with Gasteiger partial charge in [-0.1, -0.05) is 36.4 Å². The molecule has 0 radical (unpaired) electrons. The summed E-state index contributed by atoms with van der Waals surface area (Å²) in [6.45, 7) is 0.772. The molecule has 0 N–H and O–H groups in total. The minimum absolute atomic E-state index is 0.442. The number of anilines is 1. The molecule has 82 valence electrons. The van der Waals surface area contributed by atoms with Gasteiger partial charge in [-0.05, 0) is 24.1 Å². The van der Waals surface area contributed by atoms with Gasteiger partial charge in [-0.15, -0.1) is 0 Å². The molecule has 1 aromatic carbocycles. The molecule has 0 saturated heterocycles. The number of benzene rings is 1. The molecule has 0 bridgehead atoms. The molecule has 1 atom stereocenters. The Bertz CT molecular complexity index is 464. The van der Waals surface area contributed by atoms with Crippen molar-refractivity contribution < 1.29 is 4.39 Å². The average molecular weight is 215 g/mol. The third-order valence-electron chi connectivity index (χ3n) is 3.34. The van der Waals surface area contributed by atoms with E-state index in [2.05, 4.69) is 6.07 Å². The van der Waals surface area contributed by atoms with E-state index in [9.17, 15) is 4.39 Å². The van der Waals surface area contributed by atoms with E-state index in [-0.39, 0.29) is 0 Å². The summed E-state index contributed by atoms with van der Waals surface area (Å²) < 4.78 is 14.7. The lowest BCUT2D eigenvalue weighted by Crippen LogP contribution is -2.43. The average Bonchev–Trinajstić information content (AvgIpc) is 2.74. The minimum atomic E-state index is -1.33. The van der Waals surface area contributed by atoms with Crippen LogP contribution in [-0.2, 0) is 6.42 Å². The maximum absolute atomic E-state index is 14.7. The fourth-order valence-corrected chi connectivity index (χ4v) is 2.51. The Labute approximate surface area is 94.9 Å². The van der Waals surface area contributed by atoms with Crippen molar-refractivity contribution in [2.45, 2.75) is 18.6 Å². The fourth-order valence-electron chi connectivity index (χ4n) is 2.51. The third kappa shape index (κ3) is 1.37. The fraction of sp³-hybridized carbons (Fsp3) is 0.286. The van der Waals surface area contributed by atoms with Gasteiger partial charge in [0, 0.05) is 18.7 Å². The number of halogens is 1. The Morgan fingerprint density at radius 2 is 2.06 bits per heavy atom. The lowest BCUT2D eigenvalue weighted by atomic mass is 10.0. The zero-order valence-corrected chi connectivity index (χ0v) is 9.07. The smallest absolute Gasteiger partial charge is 0.205 e. The van der Waals surface area contributed by atoms with E-state index in [0.29, 0.717) is 6.42 Å². The predicted octanol–water partition coefficient (Wildman–Crippen LogP) is 3.23. The van der Waals surface area contributed by atoms with Crippen LogP contribution in [0.5, 0.6) is 0 Å². The molecule has 1 nitrogen and oxygen atoms in total. The zero-order chi connectivity index (χ0) is 11.0. The molecule has 2 heteroatoms. The number of rotatable bonds is 1. The second-order valence-electron chi connectivity index (χ2n) is 4.34. The number of para-hydroxylation sites is 1. The molecule has 1 aromatic rings. The second-order valence-corrected chi connectivity index (χ2v) is 4.34. The first-order valence-corrected chi connectivity index (χ1v) is 5.68. The molecule has 0 spiro atoms. The Hall–Kier alpha value is -1.57. The van der Waals surface area contributed by atoms with Crippen LogP contribution in [0.2, 0.25) is 0 Å². The van der Waals surface area contributed by atoms with E-state index in [4.69, 9.17) is 0 Å². The van der Waals surface area contributed by atoms with E-state index in [1.807, 2.05) is 35.3 Å². The maximum Gasteiger partial charge on any atom is 0.205 e. The number of nitrogens with zero attached hydrogens (tertiary/aromatic N) is 1. The summed E-state index contributed by atoms with van der Waals surface area (Å²) in [7, 11) is 0. The van der Waals surface area contributed by atoms with Gasteiger partial charge in [-0.2, -0.15) is 0 Å². The van der Waals surface area contributed by atoms with Crippen LogP contribution in [-0.4, -0.2) is 12.3 Å². The molecule has 0 amide bonds. The van der Waals surface area contributed by atoms with Crippen molar-refractivity contribution in [2.24, 2.45) is 0 Å². The van der Waals surface area contributed by atoms with E-state index < -0.39 is 5.79 Å². The molecule has 1 unspecified atom stereocenters. The molecule has 1 aliphatic carbocycles. The van der Waals surface area contributed by atoms with E-state index in [0.717, 1.165) is 18.7 Å². The minimum Gasteiger partial charge on any atom is -0.335 e. The number of allylic oxidation sites excluding steroid dienone is 2. The first-order chi connectivity index (χ1) is 7.80. The van der Waals surface area contributed by atoms with Crippen molar-refractivity contribution in [3.8, 4) is 0 Å². The van der Waals surface area contributed by atoms with E-state index in [1.54, 1.807) is 12.2 Å². The number of hydrogen-bond acceptors (Lipinski definition) is 1. The zero-order valence-electron chi connectivity index (χ0n) is 9.07. The molecular weight excluding hydrogens is 201 g/mol. The molecule has 0 aromatic heterocycles. The molecule has 3 rings (SSSR count). The van der Waals surface area contributed by atoms with Gasteiger partial charge in [0.05, 0.1) is 0 Å². The number of hydrogen-bond donors (Lipinski definition) is 0. The normalized spacial score (nSPS) is 27.2. The van der Waals surface area contributed by atoms with Gasteiger partial charge in [0.15, 0.2) is 0 Å². The highest BCUT2D eigenvalue weighted by Gasteiger charge is 2.37. The van der Waals surface area contributed by atoms with Gasteiger partial charge in [0.2, 0.25) is 5.79 Å². The number of alkyl halides is 1. The lowest BCUT2D eigenvalue weighted by molar-refractivity contribution is 0.224. The first-order valence-electron chi connectivity index (χ1n) is 5.68. The SMILES string of the molecule is FC1(N2CCc3ccccc32)C=CC=CC1. The summed E-state index contributed by atoms with van der Waals surface area (Å²) in [6, 6.07) is 8.09. The van der Waals surface area contributed by atoms with Crippen LogP contribution >= 0.6 is 0 Å². The summed E-state index contributed by atoms with van der Waals surface area (Å²) in [4.78, 5) is 1.88. The second kappa shape index (κ2) is 3.48. The lowest BCUT2D eigenvalue weighted by Gasteiger charge is -2.34. The highest BCUT2D eigenvalue weighted by Crippen LogP contribution is 2.38. The summed E-state index contributed by atoms with van der Waals surface area (Å²) >= 11 is 0. The standard InChI is InChI=1S/C14H14FN/c15-14(9-4-1-5-10-14)16-11-8-12-6-2-3-7-13(12)16/h1-7,9H,8,10-11H2. The summed E-state index contributed by atoms with van der Waals surface area (Å²) in [5.41, 5.74) is 2.30. The monoisotopic (exact) mass is 215 g/mol. The molecule has 16 heavy (non-hydrogen) atoms. The van der Waals surface area contributed by atoms with Crippen molar-refractivity contribution in [1.82, 2.24) is 0 Å². The van der Waals surface area contributed by atoms with Gasteiger partial charge in [-0.25, -0.2) is 4.39 Å². The maximum atomic E-state index is 14.7. The Kier molecular flexibility index (Phi) is 2.10. The van der Waals surface area contributed by atoms with Crippen LogP contribution in [0, 0.1) is 0 Å². The summed E-state index contributed by atoms with van der Waals surface area (Å²) in [5.74, 6) is -1.33. The van der Waals surface area contributed by atoms with Gasteiger partial charge in [-0.3, -0.25) is 0 Å². The number of fused-ring (bicyclic) bond motifs is 1. The molecule has 0 fully saturated rings. The van der Waals surface area contributed by atoms with Gasteiger partial charge in [0.1, 0.15) is 0 Å². The van der Waals surface area contributed by atoms with Crippen molar-refractivity contribution in [2.75, 3.05) is 11.4 Å². The highest BCUT2D eigenvalue weighted by atomic mass is 19.1. The summed E-state index contributed by atoms with van der Waals surface area (Å²) in [5, 5.41) is 0. The molecule has 0 saturated carbocycles. The Morgan fingerprint density at radius 3 is 2.88 bits per heavy atom. The quantitative estimate of drug-likeness (QED) is 0.650. The van der Waals surface area contributed by atoms with Crippen LogP contribution < -0.4 is 4.90 Å². The van der Waals surface area contributed by atoms with E-state index in [1.165, 1.54) is 5.56 Å². The van der Waals surface area contributed by atoms with Crippen molar-refractivity contribution in [3.63, 3.8) is 0 Å². The predicted molar refractivity (Wildman–Crippen MR) is 64.2 cm³/mol. The third-order valence-corrected chi connectivity index (χ3v) is 3.34. The van der Waals surface area contributed by atoms with Gasteiger partial charge < -0.3 is 4.90 Å². The Balaban J connectivity index is 1.98. The van der Waals surface area contributed by atoms with Crippen molar-refractivity contribution in [3.05, 3.63) is 54.1 Å². The van der Waals surface area contributed by atoms with Crippen LogP contribution in [0.1, 0.15) is 12.0 Å². The molecule has 2 aliphatic rings.